The Balaban J connectivity index is 1.23. The lowest BCUT2D eigenvalue weighted by atomic mass is 9.55. The standard InChI is InChI=1S/C30H41N3O4/c1-29(16-23-17-31-25-8-4-3-7-24(23)25,27(35)32-30(18-34)9-5-2-6-10-30)33-28(36)37-26-21-12-19-11-20(14-21)15-22(26)13-19/h3-4,7-8,17,19-22,26,31,34H,2,5-6,9-16,18H2,1H3,(H,32,35)(H,33,36)/t19?,20?,21?,22?,26?,29-/m1/s1. The SMILES string of the molecule is C[C@](Cc1c[nH]c2ccccc12)(NC(=O)OC1C2CC3CC(C2)CC1C3)C(=O)NC1(CO)CCCCC1. The molecule has 5 fully saturated rings. The van der Waals surface area contributed by atoms with Crippen molar-refractivity contribution in [1.29, 1.82) is 0 Å². The van der Waals surface area contributed by atoms with Crippen LogP contribution in [0.15, 0.2) is 30.5 Å². The molecule has 0 saturated heterocycles. The maximum absolute atomic E-state index is 13.9. The lowest BCUT2D eigenvalue weighted by molar-refractivity contribution is -0.131. The molecular weight excluding hydrogens is 466 g/mol. The van der Waals surface area contributed by atoms with Crippen molar-refractivity contribution in [2.75, 3.05) is 6.61 Å². The normalized spacial score (nSPS) is 31.6. The predicted octanol–water partition coefficient (Wildman–Crippen LogP) is 4.83. The summed E-state index contributed by atoms with van der Waals surface area (Å²) in [5.41, 5.74) is 0.0950. The van der Waals surface area contributed by atoms with Gasteiger partial charge in [0.15, 0.2) is 0 Å². The minimum absolute atomic E-state index is 0.0460. The van der Waals surface area contributed by atoms with Crippen molar-refractivity contribution in [3.8, 4) is 0 Å². The van der Waals surface area contributed by atoms with Crippen LogP contribution >= 0.6 is 0 Å². The van der Waals surface area contributed by atoms with Gasteiger partial charge in [-0.2, -0.15) is 0 Å². The predicted molar refractivity (Wildman–Crippen MR) is 142 cm³/mol. The Bertz CT molecular complexity index is 1120. The van der Waals surface area contributed by atoms with Gasteiger partial charge in [0, 0.05) is 23.5 Å². The molecular formula is C30H41N3O4. The monoisotopic (exact) mass is 507 g/mol. The van der Waals surface area contributed by atoms with Crippen molar-refractivity contribution < 1.29 is 19.4 Å². The molecule has 2 aromatic rings. The van der Waals surface area contributed by atoms with Crippen LogP contribution in [0.5, 0.6) is 0 Å². The third-order valence-corrected chi connectivity index (χ3v) is 9.97. The number of hydrogen-bond acceptors (Lipinski definition) is 4. The molecule has 5 aliphatic rings. The zero-order valence-electron chi connectivity index (χ0n) is 21.9. The summed E-state index contributed by atoms with van der Waals surface area (Å²) in [6.45, 7) is 1.69. The topological polar surface area (TPSA) is 103 Å². The Morgan fingerprint density at radius 2 is 1.73 bits per heavy atom. The number of hydrogen-bond donors (Lipinski definition) is 4. The Morgan fingerprint density at radius 3 is 2.41 bits per heavy atom. The Morgan fingerprint density at radius 1 is 1.05 bits per heavy atom. The maximum atomic E-state index is 13.9. The molecule has 7 nitrogen and oxygen atoms in total. The van der Waals surface area contributed by atoms with E-state index in [0.29, 0.717) is 18.3 Å². The molecule has 1 aromatic heterocycles. The van der Waals surface area contributed by atoms with E-state index in [9.17, 15) is 14.7 Å². The number of benzene rings is 1. The molecule has 1 atom stereocenters. The number of fused-ring (bicyclic) bond motifs is 1. The third-order valence-electron chi connectivity index (χ3n) is 9.97. The van der Waals surface area contributed by atoms with Crippen molar-refractivity contribution in [3.05, 3.63) is 36.0 Å². The summed E-state index contributed by atoms with van der Waals surface area (Å²) in [7, 11) is 0. The second-order valence-electron chi connectivity index (χ2n) is 12.7. The third kappa shape index (κ3) is 4.75. The van der Waals surface area contributed by atoms with Crippen LogP contribution in [-0.4, -0.2) is 45.9 Å². The number of rotatable bonds is 7. The van der Waals surface area contributed by atoms with E-state index in [2.05, 4.69) is 15.6 Å². The van der Waals surface area contributed by atoms with Crippen LogP contribution in [0.4, 0.5) is 4.79 Å². The molecule has 7 heteroatoms. The Labute approximate surface area is 219 Å². The fourth-order valence-corrected chi connectivity index (χ4v) is 8.22. The van der Waals surface area contributed by atoms with E-state index in [0.717, 1.165) is 86.1 Å². The Kier molecular flexibility index (Phi) is 6.46. The van der Waals surface area contributed by atoms with E-state index >= 15 is 0 Å². The lowest BCUT2D eigenvalue weighted by Crippen LogP contribution is -2.64. The lowest BCUT2D eigenvalue weighted by Gasteiger charge is -2.53. The molecule has 1 heterocycles. The zero-order valence-corrected chi connectivity index (χ0v) is 21.9. The van der Waals surface area contributed by atoms with Gasteiger partial charge in [0.05, 0.1) is 12.1 Å². The molecule has 5 aliphatic carbocycles. The van der Waals surface area contributed by atoms with Crippen LogP contribution < -0.4 is 10.6 Å². The zero-order chi connectivity index (χ0) is 25.6. The van der Waals surface area contributed by atoms with Crippen LogP contribution in [0.3, 0.4) is 0 Å². The van der Waals surface area contributed by atoms with Crippen LogP contribution in [-0.2, 0) is 16.0 Å². The highest BCUT2D eigenvalue weighted by molar-refractivity contribution is 5.92. The molecule has 200 valence electrons. The maximum Gasteiger partial charge on any atom is 0.408 e. The summed E-state index contributed by atoms with van der Waals surface area (Å²) in [4.78, 5) is 30.6. The molecule has 4 N–H and O–H groups in total. The molecule has 2 amide bonds. The number of carbonyl (C=O) groups is 2. The fourth-order valence-electron chi connectivity index (χ4n) is 8.22. The number of aliphatic hydroxyl groups excluding tert-OH is 1. The molecule has 1 aromatic carbocycles. The van der Waals surface area contributed by atoms with Gasteiger partial charge in [-0.1, -0.05) is 37.5 Å². The quantitative estimate of drug-likeness (QED) is 0.431. The molecule has 4 bridgehead atoms. The van der Waals surface area contributed by atoms with Gasteiger partial charge in [-0.05, 0) is 87.2 Å². The van der Waals surface area contributed by atoms with Crippen molar-refractivity contribution in [1.82, 2.24) is 15.6 Å². The second kappa shape index (κ2) is 9.64. The first-order chi connectivity index (χ1) is 17.9. The number of aromatic amines is 1. The summed E-state index contributed by atoms with van der Waals surface area (Å²) in [6, 6.07) is 7.99. The minimum Gasteiger partial charge on any atom is -0.446 e. The molecule has 37 heavy (non-hydrogen) atoms. The highest BCUT2D eigenvalue weighted by Crippen LogP contribution is 2.54. The number of para-hydroxylation sites is 1. The highest BCUT2D eigenvalue weighted by Gasteiger charge is 2.50. The average Bonchev–Trinajstić information content (AvgIpc) is 3.28. The summed E-state index contributed by atoms with van der Waals surface area (Å²) in [6.07, 6.45) is 12.2. The largest absolute Gasteiger partial charge is 0.446 e. The van der Waals surface area contributed by atoms with Gasteiger partial charge in [0.1, 0.15) is 11.6 Å². The molecule has 0 aliphatic heterocycles. The molecule has 5 saturated carbocycles. The van der Waals surface area contributed by atoms with Gasteiger partial charge in [0.2, 0.25) is 5.91 Å². The van der Waals surface area contributed by atoms with Crippen molar-refractivity contribution >= 4 is 22.9 Å². The average molecular weight is 508 g/mol. The summed E-state index contributed by atoms with van der Waals surface area (Å²) < 4.78 is 6.13. The fraction of sp³-hybridized carbons (Fsp3) is 0.667. The van der Waals surface area contributed by atoms with E-state index in [1.807, 2.05) is 30.5 Å². The summed E-state index contributed by atoms with van der Waals surface area (Å²) in [5.74, 6) is 2.24. The van der Waals surface area contributed by atoms with Gasteiger partial charge < -0.3 is 25.5 Å². The van der Waals surface area contributed by atoms with E-state index < -0.39 is 17.2 Å². The number of nitrogens with one attached hydrogen (secondary N) is 3. The van der Waals surface area contributed by atoms with Crippen LogP contribution in [0.2, 0.25) is 0 Å². The van der Waals surface area contributed by atoms with Crippen molar-refractivity contribution in [3.63, 3.8) is 0 Å². The van der Waals surface area contributed by atoms with Crippen molar-refractivity contribution in [2.45, 2.75) is 94.7 Å². The van der Waals surface area contributed by atoms with E-state index in [-0.39, 0.29) is 18.6 Å². The minimum atomic E-state index is -1.23. The number of amides is 2. The number of ether oxygens (including phenoxy) is 1. The van der Waals surface area contributed by atoms with E-state index in [4.69, 9.17) is 4.74 Å². The first-order valence-corrected chi connectivity index (χ1v) is 14.3. The smallest absolute Gasteiger partial charge is 0.408 e. The molecule has 0 unspecified atom stereocenters. The second-order valence-corrected chi connectivity index (χ2v) is 12.7. The van der Waals surface area contributed by atoms with Crippen molar-refractivity contribution in [2.24, 2.45) is 23.7 Å². The first-order valence-electron chi connectivity index (χ1n) is 14.3. The van der Waals surface area contributed by atoms with Gasteiger partial charge >= 0.3 is 6.09 Å². The number of H-pyrrole nitrogens is 1. The Hall–Kier alpha value is -2.54. The number of alkyl carbamates (subject to hydrolysis) is 1. The molecule has 7 rings (SSSR count). The first kappa shape index (κ1) is 24.8. The summed E-state index contributed by atoms with van der Waals surface area (Å²) >= 11 is 0. The van der Waals surface area contributed by atoms with E-state index in [1.54, 1.807) is 6.92 Å². The van der Waals surface area contributed by atoms with Gasteiger partial charge in [0.25, 0.3) is 0 Å². The van der Waals surface area contributed by atoms with E-state index in [1.165, 1.54) is 6.42 Å². The molecule has 0 radical (unpaired) electrons. The van der Waals surface area contributed by atoms with Gasteiger partial charge in [-0.15, -0.1) is 0 Å². The molecule has 0 spiro atoms. The number of aliphatic hydroxyl groups is 1. The number of aromatic nitrogens is 1. The van der Waals surface area contributed by atoms with Gasteiger partial charge in [-0.3, -0.25) is 4.79 Å². The van der Waals surface area contributed by atoms with Crippen LogP contribution in [0.1, 0.15) is 76.7 Å². The van der Waals surface area contributed by atoms with Crippen LogP contribution in [0, 0.1) is 23.7 Å². The number of carbonyl (C=O) groups excluding carboxylic acids is 2. The van der Waals surface area contributed by atoms with Crippen LogP contribution in [0.25, 0.3) is 10.9 Å². The summed E-state index contributed by atoms with van der Waals surface area (Å²) in [5, 5.41) is 17.5. The highest BCUT2D eigenvalue weighted by atomic mass is 16.6. The van der Waals surface area contributed by atoms with Gasteiger partial charge in [-0.25, -0.2) is 4.79 Å².